The number of methoxy groups -OCH3 is 1. The third-order valence-corrected chi connectivity index (χ3v) is 5.02. The average Bonchev–Trinajstić information content (AvgIpc) is 2.99. The van der Waals surface area contributed by atoms with Crippen LogP contribution >= 0.6 is 22.9 Å². The van der Waals surface area contributed by atoms with E-state index in [2.05, 4.69) is 11.6 Å². The lowest BCUT2D eigenvalue weighted by molar-refractivity contribution is 0.0933. The summed E-state index contributed by atoms with van der Waals surface area (Å²) < 4.78 is 6.70. The molecule has 0 fully saturated rings. The van der Waals surface area contributed by atoms with Crippen LogP contribution in [0.3, 0.4) is 0 Å². The summed E-state index contributed by atoms with van der Waals surface area (Å²) in [5, 5.41) is 0. The monoisotopic (exact) mass is 412 g/mol. The van der Waals surface area contributed by atoms with Crippen LogP contribution in [0.2, 0.25) is 4.34 Å². The molecular weight excluding hydrogens is 392 g/mol. The Kier molecular flexibility index (Phi) is 7.55. The predicted molar refractivity (Wildman–Crippen MR) is 107 cm³/mol. The summed E-state index contributed by atoms with van der Waals surface area (Å²) in [7, 11) is 1.48. The number of carbonyl (C=O) groups is 1. The molecule has 10 heteroatoms. The van der Waals surface area contributed by atoms with Gasteiger partial charge in [-0.2, -0.15) is 0 Å². The number of thiophene rings is 1. The van der Waals surface area contributed by atoms with E-state index in [1.165, 1.54) is 18.4 Å². The fourth-order valence-corrected chi connectivity index (χ4v) is 3.70. The number of Topliss-reactive ketones (excluding diaryl/α,β-unsaturated/α-hetero) is 1. The van der Waals surface area contributed by atoms with E-state index >= 15 is 0 Å². The number of aromatic amines is 1. The Morgan fingerprint density at radius 1 is 1.48 bits per heavy atom. The number of ketones is 1. The number of aromatic nitrogens is 2. The molecule has 0 aliphatic rings. The van der Waals surface area contributed by atoms with Crippen molar-refractivity contribution in [3.63, 3.8) is 0 Å². The number of ether oxygens (including phenoxy) is 1. The molecule has 8 nitrogen and oxygen atoms in total. The molecule has 3 N–H and O–H groups in total. The molecular formula is C17H21ClN4O4S. The van der Waals surface area contributed by atoms with Crippen LogP contribution in [0.4, 0.5) is 5.82 Å². The lowest BCUT2D eigenvalue weighted by Gasteiger charge is -2.19. The smallest absolute Gasteiger partial charge is 0.330 e. The number of carbonyl (C=O) groups excluding carboxylic acids is 1. The lowest BCUT2D eigenvalue weighted by atomic mass is 10.1. The Hall–Kier alpha value is -2.20. The molecule has 0 atom stereocenters. The molecule has 2 heterocycles. The maximum Gasteiger partial charge on any atom is 0.330 e. The van der Waals surface area contributed by atoms with Crippen molar-refractivity contribution in [3.05, 3.63) is 60.4 Å². The van der Waals surface area contributed by atoms with Gasteiger partial charge in [0.25, 0.3) is 5.56 Å². The zero-order chi connectivity index (χ0) is 20.0. The van der Waals surface area contributed by atoms with Crippen molar-refractivity contribution < 1.29 is 9.53 Å². The van der Waals surface area contributed by atoms with E-state index in [1.807, 2.05) is 6.07 Å². The molecule has 146 valence electrons. The second-order valence-electron chi connectivity index (χ2n) is 5.75. The molecule has 0 aliphatic carbocycles. The molecule has 0 saturated heterocycles. The summed E-state index contributed by atoms with van der Waals surface area (Å²) >= 11 is 7.36. The van der Waals surface area contributed by atoms with Gasteiger partial charge in [-0.25, -0.2) is 4.79 Å². The highest BCUT2D eigenvalue weighted by atomic mass is 35.5. The molecule has 0 unspecified atom stereocenters. The van der Waals surface area contributed by atoms with Crippen LogP contribution in [0, 0.1) is 0 Å². The van der Waals surface area contributed by atoms with Gasteiger partial charge in [0.2, 0.25) is 0 Å². The quantitative estimate of drug-likeness (QED) is 0.450. The third kappa shape index (κ3) is 5.39. The van der Waals surface area contributed by atoms with Crippen LogP contribution in [-0.2, 0) is 17.8 Å². The summed E-state index contributed by atoms with van der Waals surface area (Å²) in [5.41, 5.74) is 4.24. The number of nitrogens with one attached hydrogen (secondary N) is 1. The number of halogens is 1. The first-order chi connectivity index (χ1) is 12.9. The maximum atomic E-state index is 12.8. The van der Waals surface area contributed by atoms with Crippen molar-refractivity contribution in [3.8, 4) is 0 Å². The Morgan fingerprint density at radius 2 is 2.22 bits per heavy atom. The van der Waals surface area contributed by atoms with Crippen molar-refractivity contribution in [2.45, 2.75) is 13.1 Å². The predicted octanol–water partition coefficient (Wildman–Crippen LogP) is 1.35. The number of nitrogens with two attached hydrogens (primary N) is 1. The Balaban J connectivity index is 2.27. The zero-order valence-corrected chi connectivity index (χ0v) is 16.4. The molecule has 2 aromatic rings. The Morgan fingerprint density at radius 3 is 2.81 bits per heavy atom. The number of hydrogen-bond donors (Lipinski definition) is 2. The summed E-state index contributed by atoms with van der Waals surface area (Å²) in [6.45, 7) is 4.88. The van der Waals surface area contributed by atoms with Gasteiger partial charge in [0, 0.05) is 25.1 Å². The minimum absolute atomic E-state index is 0.0582. The number of nitrogens with zero attached hydrogens (tertiary/aromatic N) is 2. The van der Waals surface area contributed by atoms with Gasteiger partial charge in [0.15, 0.2) is 5.78 Å². The molecule has 0 saturated carbocycles. The van der Waals surface area contributed by atoms with Gasteiger partial charge in [0.1, 0.15) is 11.4 Å². The lowest BCUT2D eigenvalue weighted by Crippen LogP contribution is -2.39. The largest absolute Gasteiger partial charge is 0.384 e. The first-order valence-corrected chi connectivity index (χ1v) is 9.29. The highest BCUT2D eigenvalue weighted by Gasteiger charge is 2.21. The zero-order valence-electron chi connectivity index (χ0n) is 14.9. The van der Waals surface area contributed by atoms with Gasteiger partial charge in [0.05, 0.1) is 24.0 Å². The van der Waals surface area contributed by atoms with Gasteiger partial charge in [-0.15, -0.1) is 17.9 Å². The van der Waals surface area contributed by atoms with Crippen LogP contribution in [-0.4, -0.2) is 47.0 Å². The van der Waals surface area contributed by atoms with Crippen molar-refractivity contribution in [2.24, 2.45) is 0 Å². The summed E-state index contributed by atoms with van der Waals surface area (Å²) in [5.74, 6) is -0.645. The van der Waals surface area contributed by atoms with Crippen LogP contribution in [0.15, 0.2) is 34.4 Å². The van der Waals surface area contributed by atoms with E-state index in [9.17, 15) is 14.4 Å². The summed E-state index contributed by atoms with van der Waals surface area (Å²) in [6.07, 6.45) is 1.66. The minimum atomic E-state index is -0.797. The van der Waals surface area contributed by atoms with E-state index in [1.54, 1.807) is 17.0 Å². The number of H-pyrrole nitrogens is 1. The second kappa shape index (κ2) is 9.65. The normalized spacial score (nSPS) is 11.1. The molecule has 0 aliphatic heterocycles. The number of nitrogen functional groups attached to an aromatic ring is 1. The topological polar surface area (TPSA) is 110 Å². The summed E-state index contributed by atoms with van der Waals surface area (Å²) in [4.78, 5) is 41.8. The number of rotatable bonds is 10. The van der Waals surface area contributed by atoms with Gasteiger partial charge in [-0.05, 0) is 12.1 Å². The number of anilines is 1. The molecule has 2 rings (SSSR count). The standard InChI is InChI=1S/C17H21ClN4O4S/c1-3-6-21(9-11-4-5-13(18)27-11)10-12(23)14-15(19)22(7-8-26-2)17(25)20-16(14)24/h3-5H,1,6-10,19H2,2H3,(H,20,24,25). The van der Waals surface area contributed by atoms with Crippen LogP contribution in [0.5, 0.6) is 0 Å². The highest BCUT2D eigenvalue weighted by molar-refractivity contribution is 7.16. The molecule has 0 spiro atoms. The van der Waals surface area contributed by atoms with Crippen LogP contribution in [0.25, 0.3) is 0 Å². The highest BCUT2D eigenvalue weighted by Crippen LogP contribution is 2.22. The van der Waals surface area contributed by atoms with Gasteiger partial charge in [-0.3, -0.25) is 24.0 Å². The first-order valence-electron chi connectivity index (χ1n) is 8.09. The summed E-state index contributed by atoms with van der Waals surface area (Å²) in [6, 6.07) is 3.66. The Bertz CT molecular complexity index is 934. The molecule has 0 amide bonds. The van der Waals surface area contributed by atoms with Gasteiger partial charge < -0.3 is 10.5 Å². The molecule has 0 aromatic carbocycles. The van der Waals surface area contributed by atoms with Crippen LogP contribution < -0.4 is 17.0 Å². The van der Waals surface area contributed by atoms with Crippen LogP contribution in [0.1, 0.15) is 15.2 Å². The first kappa shape index (κ1) is 21.1. The minimum Gasteiger partial charge on any atom is -0.384 e. The molecule has 0 bridgehead atoms. The second-order valence-corrected chi connectivity index (χ2v) is 7.55. The Labute approximate surface area is 164 Å². The fraction of sp³-hybridized carbons (Fsp3) is 0.353. The van der Waals surface area contributed by atoms with E-state index in [0.717, 1.165) is 9.44 Å². The molecule has 27 heavy (non-hydrogen) atoms. The fourth-order valence-electron chi connectivity index (χ4n) is 2.57. The van der Waals surface area contributed by atoms with Gasteiger partial charge in [-0.1, -0.05) is 17.7 Å². The van der Waals surface area contributed by atoms with Crippen molar-refractivity contribution in [2.75, 3.05) is 32.5 Å². The van der Waals surface area contributed by atoms with E-state index in [4.69, 9.17) is 22.1 Å². The third-order valence-electron chi connectivity index (χ3n) is 3.80. The van der Waals surface area contributed by atoms with E-state index < -0.39 is 17.0 Å². The van der Waals surface area contributed by atoms with E-state index in [0.29, 0.717) is 17.4 Å². The maximum absolute atomic E-state index is 12.8. The molecule has 0 radical (unpaired) electrons. The van der Waals surface area contributed by atoms with Crippen molar-refractivity contribution in [1.82, 2.24) is 14.5 Å². The van der Waals surface area contributed by atoms with Crippen molar-refractivity contribution >= 4 is 34.5 Å². The average molecular weight is 413 g/mol. The van der Waals surface area contributed by atoms with E-state index in [-0.39, 0.29) is 31.1 Å². The molecule has 2 aromatic heterocycles. The van der Waals surface area contributed by atoms with Crippen molar-refractivity contribution in [1.29, 1.82) is 0 Å². The SMILES string of the molecule is C=CCN(CC(=O)c1c(N)n(CCOC)c(=O)[nH]c1=O)Cc1ccc(Cl)s1. The van der Waals surface area contributed by atoms with Gasteiger partial charge >= 0.3 is 5.69 Å². The number of hydrogen-bond acceptors (Lipinski definition) is 7.